The average molecular weight is 366 g/mol. The highest BCUT2D eigenvalue weighted by atomic mass is 79.9. The van der Waals surface area contributed by atoms with Crippen molar-refractivity contribution in [2.45, 2.75) is 17.4 Å². The van der Waals surface area contributed by atoms with Crippen LogP contribution in [0.2, 0.25) is 10.0 Å². The number of alkyl halides is 4. The Morgan fingerprint density at radius 2 is 1.94 bits per heavy atom. The Bertz CT molecular complexity index is 398. The number of benzene rings is 1. The second-order valence-corrected chi connectivity index (χ2v) is 5.54. The lowest BCUT2D eigenvalue weighted by Gasteiger charge is -2.13. The Kier molecular flexibility index (Phi) is 6.24. The molecule has 0 heterocycles. The molecule has 1 aromatic rings. The molecule has 0 radical (unpaired) electrons. The summed E-state index contributed by atoms with van der Waals surface area (Å²) >= 11 is 15.1. The van der Waals surface area contributed by atoms with Gasteiger partial charge in [0.1, 0.15) is 6.61 Å². The van der Waals surface area contributed by atoms with Gasteiger partial charge >= 0.3 is 6.18 Å². The van der Waals surface area contributed by atoms with Gasteiger partial charge in [0.25, 0.3) is 0 Å². The van der Waals surface area contributed by atoms with Crippen LogP contribution in [0.25, 0.3) is 0 Å². The van der Waals surface area contributed by atoms with Crippen LogP contribution < -0.4 is 0 Å². The molecule has 1 unspecified atom stereocenters. The molecule has 0 aromatic heterocycles. The molecule has 102 valence electrons. The molecule has 7 heteroatoms. The quantitative estimate of drug-likeness (QED) is 0.501. The van der Waals surface area contributed by atoms with Crippen molar-refractivity contribution in [3.63, 3.8) is 0 Å². The van der Waals surface area contributed by atoms with E-state index in [1.165, 1.54) is 0 Å². The van der Waals surface area contributed by atoms with E-state index in [9.17, 15) is 13.2 Å². The van der Waals surface area contributed by atoms with Gasteiger partial charge in [-0.3, -0.25) is 0 Å². The van der Waals surface area contributed by atoms with E-state index in [1.54, 1.807) is 18.2 Å². The number of hydrogen-bond donors (Lipinski definition) is 0. The predicted octanol–water partition coefficient (Wildman–Crippen LogP) is 5.40. The molecule has 0 saturated carbocycles. The van der Waals surface area contributed by atoms with Crippen molar-refractivity contribution in [1.82, 2.24) is 0 Å². The van der Waals surface area contributed by atoms with Crippen molar-refractivity contribution in [2.24, 2.45) is 0 Å². The number of halogens is 6. The molecule has 0 amide bonds. The molecule has 0 aliphatic rings. The lowest BCUT2D eigenvalue weighted by atomic mass is 10.1. The van der Waals surface area contributed by atoms with Crippen molar-refractivity contribution in [3.05, 3.63) is 33.8 Å². The van der Waals surface area contributed by atoms with Crippen molar-refractivity contribution in [3.8, 4) is 0 Å². The van der Waals surface area contributed by atoms with Crippen LogP contribution in [0.15, 0.2) is 18.2 Å². The lowest BCUT2D eigenvalue weighted by molar-refractivity contribution is -0.174. The van der Waals surface area contributed by atoms with Crippen LogP contribution in [0.1, 0.15) is 16.8 Å². The Morgan fingerprint density at radius 1 is 1.28 bits per heavy atom. The fraction of sp³-hybridized carbons (Fsp3) is 0.455. The summed E-state index contributed by atoms with van der Waals surface area (Å²) in [6, 6.07) is 4.96. The molecule has 0 aliphatic carbocycles. The number of ether oxygens (including phenoxy) is 1. The third-order valence-corrected chi connectivity index (χ3v) is 3.61. The monoisotopic (exact) mass is 364 g/mol. The van der Waals surface area contributed by atoms with Crippen LogP contribution in [-0.2, 0) is 4.74 Å². The van der Waals surface area contributed by atoms with E-state index in [0.29, 0.717) is 16.5 Å². The summed E-state index contributed by atoms with van der Waals surface area (Å²) in [6.07, 6.45) is -3.92. The topological polar surface area (TPSA) is 9.23 Å². The molecular weight excluding hydrogens is 356 g/mol. The highest BCUT2D eigenvalue weighted by Gasteiger charge is 2.27. The van der Waals surface area contributed by atoms with Gasteiger partial charge in [-0.1, -0.05) is 39.1 Å². The average Bonchev–Trinajstić information content (AvgIpc) is 2.26. The third kappa shape index (κ3) is 5.78. The van der Waals surface area contributed by atoms with Gasteiger partial charge in [-0.2, -0.15) is 13.2 Å². The summed E-state index contributed by atoms with van der Waals surface area (Å²) in [4.78, 5) is -0.197. The summed E-state index contributed by atoms with van der Waals surface area (Å²) in [6.45, 7) is -1.26. The van der Waals surface area contributed by atoms with Crippen molar-refractivity contribution >= 4 is 39.1 Å². The maximum absolute atomic E-state index is 11.8. The number of rotatable bonds is 5. The SMILES string of the molecule is FC(F)(F)COCCC(Br)c1cc(Cl)ccc1Cl. The van der Waals surface area contributed by atoms with Gasteiger partial charge in [0.15, 0.2) is 0 Å². The molecule has 1 rings (SSSR count). The van der Waals surface area contributed by atoms with Crippen LogP contribution >= 0.6 is 39.1 Å². The van der Waals surface area contributed by atoms with Crippen LogP contribution in [0.3, 0.4) is 0 Å². The van der Waals surface area contributed by atoms with E-state index in [1.807, 2.05) is 0 Å². The second-order valence-electron chi connectivity index (χ2n) is 3.59. The molecular formula is C11H10BrCl2F3O. The van der Waals surface area contributed by atoms with Gasteiger partial charge in [-0.05, 0) is 30.2 Å². The Balaban J connectivity index is 2.45. The standard InChI is InChI=1S/C11H10BrCl2F3O/c12-9(3-4-18-6-11(15,16)17)8-5-7(13)1-2-10(8)14/h1-2,5,9H,3-4,6H2. The van der Waals surface area contributed by atoms with E-state index in [4.69, 9.17) is 23.2 Å². The first-order chi connectivity index (χ1) is 8.29. The first kappa shape index (κ1) is 16.1. The molecule has 1 nitrogen and oxygen atoms in total. The zero-order valence-corrected chi connectivity index (χ0v) is 12.2. The van der Waals surface area contributed by atoms with Crippen LogP contribution in [0.4, 0.5) is 13.2 Å². The minimum atomic E-state index is -4.30. The van der Waals surface area contributed by atoms with Crippen molar-refractivity contribution in [1.29, 1.82) is 0 Å². The molecule has 0 spiro atoms. The largest absolute Gasteiger partial charge is 0.411 e. The predicted molar refractivity (Wildman–Crippen MR) is 69.6 cm³/mol. The maximum atomic E-state index is 11.8. The summed E-state index contributed by atoms with van der Waals surface area (Å²) < 4.78 is 40.1. The smallest absolute Gasteiger partial charge is 0.372 e. The maximum Gasteiger partial charge on any atom is 0.411 e. The van der Waals surface area contributed by atoms with E-state index in [-0.39, 0.29) is 11.4 Å². The first-order valence-electron chi connectivity index (χ1n) is 5.03. The van der Waals surface area contributed by atoms with E-state index < -0.39 is 12.8 Å². The molecule has 0 saturated heterocycles. The van der Waals surface area contributed by atoms with E-state index >= 15 is 0 Å². The van der Waals surface area contributed by atoms with Gasteiger partial charge in [-0.15, -0.1) is 0 Å². The molecule has 1 atom stereocenters. The number of hydrogen-bond acceptors (Lipinski definition) is 1. The normalized spacial score (nSPS) is 13.7. The van der Waals surface area contributed by atoms with Crippen LogP contribution in [-0.4, -0.2) is 19.4 Å². The van der Waals surface area contributed by atoms with Crippen molar-refractivity contribution in [2.75, 3.05) is 13.2 Å². The summed E-state index contributed by atoms with van der Waals surface area (Å²) in [5.41, 5.74) is 0.736. The first-order valence-corrected chi connectivity index (χ1v) is 6.70. The zero-order chi connectivity index (χ0) is 13.8. The minimum Gasteiger partial charge on any atom is -0.372 e. The van der Waals surface area contributed by atoms with Crippen LogP contribution in [0, 0.1) is 0 Å². The van der Waals surface area contributed by atoms with E-state index in [2.05, 4.69) is 20.7 Å². The highest BCUT2D eigenvalue weighted by molar-refractivity contribution is 9.09. The fourth-order valence-corrected chi connectivity index (χ4v) is 2.41. The van der Waals surface area contributed by atoms with Gasteiger partial charge in [-0.25, -0.2) is 0 Å². The molecule has 0 N–H and O–H groups in total. The third-order valence-electron chi connectivity index (χ3n) is 2.08. The van der Waals surface area contributed by atoms with Gasteiger partial charge < -0.3 is 4.74 Å². The molecule has 0 aliphatic heterocycles. The summed E-state index contributed by atoms with van der Waals surface area (Å²) in [5, 5.41) is 1.03. The van der Waals surface area contributed by atoms with Gasteiger partial charge in [0.05, 0.1) is 0 Å². The highest BCUT2D eigenvalue weighted by Crippen LogP contribution is 2.34. The fourth-order valence-electron chi connectivity index (χ4n) is 1.28. The molecule has 0 bridgehead atoms. The van der Waals surface area contributed by atoms with Crippen LogP contribution in [0.5, 0.6) is 0 Å². The molecule has 1 aromatic carbocycles. The Hall–Kier alpha value is 0.0300. The van der Waals surface area contributed by atoms with Gasteiger partial charge in [0, 0.05) is 21.5 Å². The molecule has 18 heavy (non-hydrogen) atoms. The van der Waals surface area contributed by atoms with Crippen molar-refractivity contribution < 1.29 is 17.9 Å². The Morgan fingerprint density at radius 3 is 2.56 bits per heavy atom. The Labute approximate surface area is 121 Å². The second kappa shape index (κ2) is 6.98. The lowest BCUT2D eigenvalue weighted by Crippen LogP contribution is -2.17. The molecule has 0 fully saturated rings. The van der Waals surface area contributed by atoms with Gasteiger partial charge in [0.2, 0.25) is 0 Å². The zero-order valence-electron chi connectivity index (χ0n) is 9.11. The van der Waals surface area contributed by atoms with E-state index in [0.717, 1.165) is 5.56 Å². The summed E-state index contributed by atoms with van der Waals surface area (Å²) in [5.74, 6) is 0. The minimum absolute atomic E-state index is 0.0156. The summed E-state index contributed by atoms with van der Waals surface area (Å²) in [7, 11) is 0.